The second-order valence-electron chi connectivity index (χ2n) is 6.47. The Bertz CT molecular complexity index is 281. The minimum atomic E-state index is -0.942. The zero-order chi connectivity index (χ0) is 14.5. The highest BCUT2D eigenvalue weighted by molar-refractivity contribution is 4.88. The van der Waals surface area contributed by atoms with Crippen molar-refractivity contribution in [3.8, 4) is 0 Å². The van der Waals surface area contributed by atoms with Crippen molar-refractivity contribution in [2.24, 2.45) is 5.92 Å². The summed E-state index contributed by atoms with van der Waals surface area (Å²) in [6.45, 7) is 5.67. The summed E-state index contributed by atoms with van der Waals surface area (Å²) in [5, 5.41) is 23.3. The molecule has 20 heavy (non-hydrogen) atoms. The number of aliphatic hydroxyl groups excluding tert-OH is 2. The van der Waals surface area contributed by atoms with Crippen LogP contribution in [-0.4, -0.2) is 54.0 Å². The van der Waals surface area contributed by atoms with Crippen LogP contribution in [0.15, 0.2) is 0 Å². The van der Waals surface area contributed by atoms with Crippen molar-refractivity contribution >= 4 is 0 Å². The van der Waals surface area contributed by atoms with Gasteiger partial charge in [0.05, 0.1) is 6.10 Å². The van der Waals surface area contributed by atoms with Gasteiger partial charge in [0, 0.05) is 6.54 Å². The van der Waals surface area contributed by atoms with E-state index < -0.39 is 24.6 Å². The van der Waals surface area contributed by atoms with Gasteiger partial charge in [-0.25, -0.2) is 0 Å². The molecular formula is C15H29NO4. The van der Waals surface area contributed by atoms with Crippen molar-refractivity contribution in [3.63, 3.8) is 0 Å². The SMILES string of the molecule is CC(C)CNC[C@H]1O[C@@H](OC2CCCCC2)[C@H](O)[C@@H]1O. The summed E-state index contributed by atoms with van der Waals surface area (Å²) in [6.07, 6.45) is 2.95. The van der Waals surface area contributed by atoms with E-state index in [2.05, 4.69) is 19.2 Å². The van der Waals surface area contributed by atoms with Gasteiger partial charge >= 0.3 is 0 Å². The van der Waals surface area contributed by atoms with Gasteiger partial charge in [-0.2, -0.15) is 0 Å². The molecule has 0 radical (unpaired) electrons. The molecule has 1 saturated heterocycles. The van der Waals surface area contributed by atoms with Gasteiger partial charge in [0.25, 0.3) is 0 Å². The van der Waals surface area contributed by atoms with Crippen LogP contribution in [0.25, 0.3) is 0 Å². The van der Waals surface area contributed by atoms with Crippen molar-refractivity contribution in [2.75, 3.05) is 13.1 Å². The molecule has 0 unspecified atom stereocenters. The van der Waals surface area contributed by atoms with Crippen LogP contribution in [0.2, 0.25) is 0 Å². The lowest BCUT2D eigenvalue weighted by atomic mass is 9.98. The average Bonchev–Trinajstić information content (AvgIpc) is 2.68. The molecule has 4 atom stereocenters. The zero-order valence-corrected chi connectivity index (χ0v) is 12.6. The van der Waals surface area contributed by atoms with Gasteiger partial charge in [-0.1, -0.05) is 33.1 Å². The van der Waals surface area contributed by atoms with Crippen LogP contribution >= 0.6 is 0 Å². The van der Waals surface area contributed by atoms with E-state index in [9.17, 15) is 10.2 Å². The van der Waals surface area contributed by atoms with Crippen molar-refractivity contribution in [1.29, 1.82) is 0 Å². The minimum absolute atomic E-state index is 0.165. The quantitative estimate of drug-likeness (QED) is 0.680. The summed E-state index contributed by atoms with van der Waals surface area (Å²) in [5.74, 6) is 0.549. The molecule has 1 aliphatic carbocycles. The average molecular weight is 287 g/mol. The summed E-state index contributed by atoms with van der Waals surface area (Å²) in [7, 11) is 0. The van der Waals surface area contributed by atoms with Gasteiger partial charge in [0.2, 0.25) is 0 Å². The third kappa shape index (κ3) is 4.40. The maximum absolute atomic E-state index is 10.0. The fourth-order valence-electron chi connectivity index (χ4n) is 2.90. The first-order valence-electron chi connectivity index (χ1n) is 7.95. The Hall–Kier alpha value is -0.200. The van der Waals surface area contributed by atoms with Crippen molar-refractivity contribution < 1.29 is 19.7 Å². The highest BCUT2D eigenvalue weighted by atomic mass is 16.7. The molecule has 5 heteroatoms. The smallest absolute Gasteiger partial charge is 0.186 e. The molecule has 3 N–H and O–H groups in total. The van der Waals surface area contributed by atoms with Gasteiger partial charge in [-0.3, -0.25) is 0 Å². The van der Waals surface area contributed by atoms with Gasteiger partial charge in [-0.05, 0) is 25.3 Å². The van der Waals surface area contributed by atoms with E-state index in [0.29, 0.717) is 12.5 Å². The summed E-state index contributed by atoms with van der Waals surface area (Å²) < 4.78 is 11.5. The largest absolute Gasteiger partial charge is 0.387 e. The van der Waals surface area contributed by atoms with Crippen LogP contribution in [0.1, 0.15) is 46.0 Å². The molecule has 0 bridgehead atoms. The fourth-order valence-corrected chi connectivity index (χ4v) is 2.90. The Labute approximate surface area is 121 Å². The zero-order valence-electron chi connectivity index (χ0n) is 12.6. The molecule has 2 aliphatic rings. The van der Waals surface area contributed by atoms with E-state index in [1.807, 2.05) is 0 Å². The van der Waals surface area contributed by atoms with Gasteiger partial charge in [0.15, 0.2) is 6.29 Å². The first-order chi connectivity index (χ1) is 9.58. The number of rotatable bonds is 6. The summed E-state index contributed by atoms with van der Waals surface area (Å²) in [4.78, 5) is 0. The number of nitrogens with one attached hydrogen (secondary N) is 1. The second-order valence-corrected chi connectivity index (χ2v) is 6.47. The fraction of sp³-hybridized carbons (Fsp3) is 1.00. The molecule has 1 aliphatic heterocycles. The molecule has 118 valence electrons. The molecule has 0 spiro atoms. The van der Waals surface area contributed by atoms with Gasteiger partial charge in [-0.15, -0.1) is 0 Å². The van der Waals surface area contributed by atoms with Crippen LogP contribution in [0, 0.1) is 5.92 Å². The maximum atomic E-state index is 10.0. The van der Waals surface area contributed by atoms with E-state index in [1.54, 1.807) is 0 Å². The van der Waals surface area contributed by atoms with Crippen molar-refractivity contribution in [2.45, 2.75) is 76.7 Å². The predicted molar refractivity (Wildman–Crippen MR) is 76.3 cm³/mol. The lowest BCUT2D eigenvalue weighted by Gasteiger charge is -2.26. The van der Waals surface area contributed by atoms with E-state index in [0.717, 1.165) is 19.4 Å². The van der Waals surface area contributed by atoms with E-state index in [-0.39, 0.29) is 6.10 Å². The minimum Gasteiger partial charge on any atom is -0.387 e. The predicted octanol–water partition coefficient (Wildman–Crippen LogP) is 1.03. The molecule has 0 aromatic carbocycles. The highest BCUT2D eigenvalue weighted by Crippen LogP contribution is 2.27. The Morgan fingerprint density at radius 3 is 2.50 bits per heavy atom. The molecule has 2 rings (SSSR count). The number of ether oxygens (including phenoxy) is 2. The van der Waals surface area contributed by atoms with Crippen LogP contribution in [-0.2, 0) is 9.47 Å². The molecule has 0 amide bonds. The lowest BCUT2D eigenvalue weighted by Crippen LogP contribution is -2.39. The summed E-state index contributed by atoms with van der Waals surface area (Å²) in [6, 6.07) is 0. The molecule has 0 aromatic rings. The van der Waals surface area contributed by atoms with Gasteiger partial charge in [0.1, 0.15) is 18.3 Å². The Morgan fingerprint density at radius 2 is 1.85 bits per heavy atom. The maximum Gasteiger partial charge on any atom is 0.186 e. The van der Waals surface area contributed by atoms with Crippen LogP contribution in [0.3, 0.4) is 0 Å². The van der Waals surface area contributed by atoms with E-state index in [1.165, 1.54) is 19.3 Å². The van der Waals surface area contributed by atoms with Crippen molar-refractivity contribution in [3.05, 3.63) is 0 Å². The lowest BCUT2D eigenvalue weighted by molar-refractivity contribution is -0.195. The molecule has 5 nitrogen and oxygen atoms in total. The van der Waals surface area contributed by atoms with Crippen LogP contribution in [0.5, 0.6) is 0 Å². The Kier molecular flexibility index (Phi) is 6.23. The van der Waals surface area contributed by atoms with E-state index in [4.69, 9.17) is 9.47 Å². The van der Waals surface area contributed by atoms with Crippen LogP contribution in [0.4, 0.5) is 0 Å². The topological polar surface area (TPSA) is 71.0 Å². The normalized spacial score (nSPS) is 35.9. The third-order valence-corrected chi connectivity index (χ3v) is 4.10. The van der Waals surface area contributed by atoms with Crippen LogP contribution < -0.4 is 5.32 Å². The molecular weight excluding hydrogens is 258 g/mol. The molecule has 1 heterocycles. The molecule has 1 saturated carbocycles. The Balaban J connectivity index is 1.76. The first kappa shape index (κ1) is 16.2. The van der Waals surface area contributed by atoms with Gasteiger partial charge < -0.3 is 25.0 Å². The molecule has 0 aromatic heterocycles. The van der Waals surface area contributed by atoms with Crippen molar-refractivity contribution in [1.82, 2.24) is 5.32 Å². The number of aliphatic hydroxyl groups is 2. The highest BCUT2D eigenvalue weighted by Gasteiger charge is 2.44. The standard InChI is InChI=1S/C15H29NO4/c1-10(2)8-16-9-12-13(17)14(18)15(20-12)19-11-6-4-3-5-7-11/h10-18H,3-9H2,1-2H3/t12-,13-,14-,15-/m1/s1. The van der Waals surface area contributed by atoms with E-state index >= 15 is 0 Å². The molecule has 2 fully saturated rings. The Morgan fingerprint density at radius 1 is 1.15 bits per heavy atom. The third-order valence-electron chi connectivity index (χ3n) is 4.10. The monoisotopic (exact) mass is 287 g/mol. The number of hydrogen-bond donors (Lipinski definition) is 3. The first-order valence-corrected chi connectivity index (χ1v) is 7.95. The second kappa shape index (κ2) is 7.71. The summed E-state index contributed by atoms with van der Waals surface area (Å²) >= 11 is 0. The summed E-state index contributed by atoms with van der Waals surface area (Å²) in [5.41, 5.74) is 0. The number of hydrogen-bond acceptors (Lipinski definition) is 5.